The summed E-state index contributed by atoms with van der Waals surface area (Å²) in [7, 11) is -3.52. The molecule has 0 aromatic heterocycles. The van der Waals surface area contributed by atoms with Crippen molar-refractivity contribution >= 4 is 27.8 Å². The number of amides is 2. The molecule has 1 saturated heterocycles. The fraction of sp³-hybridized carbons (Fsp3) is 0.529. The lowest BCUT2D eigenvalue weighted by atomic mass is 9.95. The number of ether oxygens (including phenoxy) is 1. The number of hydrogen-bond acceptors (Lipinski definition) is 6. The maximum Gasteiger partial charge on any atom is 0.328 e. The molecular formula is C17H24N2O6S. The Kier molecular flexibility index (Phi) is 6.25. The Balaban J connectivity index is 2.14. The van der Waals surface area contributed by atoms with Crippen LogP contribution in [0.25, 0.3) is 0 Å². The Labute approximate surface area is 153 Å². The number of esters is 1. The number of para-hydroxylation sites is 1. The summed E-state index contributed by atoms with van der Waals surface area (Å²) >= 11 is 0. The Hall–Kier alpha value is -2.13. The van der Waals surface area contributed by atoms with Gasteiger partial charge in [-0.15, -0.1) is 0 Å². The topological polar surface area (TPSA) is 93.2 Å². The second-order valence-electron chi connectivity index (χ2n) is 6.19. The molecule has 2 amide bonds. The van der Waals surface area contributed by atoms with Crippen molar-refractivity contribution in [3.05, 3.63) is 30.3 Å². The molecule has 0 saturated carbocycles. The zero-order valence-corrected chi connectivity index (χ0v) is 16.0. The maximum atomic E-state index is 12.6. The zero-order valence-electron chi connectivity index (χ0n) is 15.2. The first-order valence-corrected chi connectivity index (χ1v) is 10.2. The van der Waals surface area contributed by atoms with Gasteiger partial charge < -0.3 is 4.74 Å². The van der Waals surface area contributed by atoms with Crippen LogP contribution in [0.2, 0.25) is 0 Å². The molecule has 1 aromatic carbocycles. The van der Waals surface area contributed by atoms with Crippen LogP contribution in [0, 0.1) is 0 Å². The number of urea groups is 1. The minimum Gasteiger partial charge on any atom is -0.465 e. The first-order chi connectivity index (χ1) is 12.2. The second kappa shape index (κ2) is 8.05. The molecule has 0 spiro atoms. The van der Waals surface area contributed by atoms with E-state index in [1.165, 1.54) is 4.90 Å². The highest BCUT2D eigenvalue weighted by atomic mass is 32.2. The van der Waals surface area contributed by atoms with Gasteiger partial charge in [-0.1, -0.05) is 18.2 Å². The lowest BCUT2D eigenvalue weighted by Gasteiger charge is -2.58. The molecule has 8 nitrogen and oxygen atoms in total. The second-order valence-corrected chi connectivity index (χ2v) is 7.84. The first kappa shape index (κ1) is 20.2. The Morgan fingerprint density at radius 3 is 2.46 bits per heavy atom. The average molecular weight is 384 g/mol. The maximum absolute atomic E-state index is 12.6. The van der Waals surface area contributed by atoms with Gasteiger partial charge in [0.1, 0.15) is 12.2 Å². The first-order valence-electron chi connectivity index (χ1n) is 8.36. The van der Waals surface area contributed by atoms with Gasteiger partial charge in [-0.05, 0) is 38.8 Å². The highest BCUT2D eigenvalue weighted by Crippen LogP contribution is 2.40. The fourth-order valence-corrected chi connectivity index (χ4v) is 3.43. The molecular weight excluding hydrogens is 360 g/mol. The van der Waals surface area contributed by atoms with Crippen molar-refractivity contribution in [1.82, 2.24) is 4.90 Å². The number of carbonyl (C=O) groups is 2. The number of nitrogens with zero attached hydrogens (tertiary/aromatic N) is 2. The van der Waals surface area contributed by atoms with Crippen LogP contribution in [0.4, 0.5) is 10.5 Å². The number of rotatable bonds is 9. The quantitative estimate of drug-likeness (QED) is 0.367. The van der Waals surface area contributed by atoms with Crippen LogP contribution in [0.1, 0.15) is 26.7 Å². The smallest absolute Gasteiger partial charge is 0.328 e. The standard InChI is InChI=1S/C17H24N2O6S/c1-4-24-15(20)13-18-16(21)19(14-9-6-5-7-10-14)17(18,2)11-8-12-25-26(3,22)23/h5-7,9-10H,4,8,11-13H2,1-3H3. The van der Waals surface area contributed by atoms with Crippen LogP contribution in [0.3, 0.4) is 0 Å². The van der Waals surface area contributed by atoms with Crippen molar-refractivity contribution in [2.24, 2.45) is 0 Å². The van der Waals surface area contributed by atoms with Gasteiger partial charge in [-0.25, -0.2) is 4.79 Å². The predicted octanol–water partition coefficient (Wildman–Crippen LogP) is 1.96. The van der Waals surface area contributed by atoms with Gasteiger partial charge in [0.05, 0.1) is 19.5 Å². The van der Waals surface area contributed by atoms with Crippen LogP contribution in [-0.2, 0) is 23.8 Å². The van der Waals surface area contributed by atoms with Crippen molar-refractivity contribution in [2.75, 3.05) is 30.9 Å². The summed E-state index contributed by atoms with van der Waals surface area (Å²) < 4.78 is 31.9. The van der Waals surface area contributed by atoms with Crippen molar-refractivity contribution in [2.45, 2.75) is 32.4 Å². The molecule has 0 bridgehead atoms. The summed E-state index contributed by atoms with van der Waals surface area (Å²) in [5, 5.41) is 0. The number of carbonyl (C=O) groups excluding carboxylic acids is 2. The molecule has 144 valence electrons. The third kappa shape index (κ3) is 4.53. The summed E-state index contributed by atoms with van der Waals surface area (Å²) in [6.45, 7) is 3.63. The Bertz CT molecular complexity index is 752. The molecule has 9 heteroatoms. The van der Waals surface area contributed by atoms with E-state index in [0.29, 0.717) is 18.5 Å². The summed E-state index contributed by atoms with van der Waals surface area (Å²) in [6.07, 6.45) is 1.83. The van der Waals surface area contributed by atoms with Crippen molar-refractivity contribution in [3.63, 3.8) is 0 Å². The number of hydrogen-bond donors (Lipinski definition) is 0. The van der Waals surface area contributed by atoms with E-state index in [2.05, 4.69) is 0 Å². The van der Waals surface area contributed by atoms with Gasteiger partial charge in [0, 0.05) is 5.69 Å². The van der Waals surface area contributed by atoms with Crippen molar-refractivity contribution < 1.29 is 26.9 Å². The predicted molar refractivity (Wildman–Crippen MR) is 96.1 cm³/mol. The molecule has 0 N–H and O–H groups in total. The summed E-state index contributed by atoms with van der Waals surface area (Å²) in [6, 6.07) is 8.82. The highest BCUT2D eigenvalue weighted by Gasteiger charge is 2.55. The van der Waals surface area contributed by atoms with E-state index in [0.717, 1.165) is 6.26 Å². The normalized spacial score (nSPS) is 20.0. The molecule has 2 rings (SSSR count). The SMILES string of the molecule is CCOC(=O)CN1C(=O)N(c2ccccc2)C1(C)CCCOS(C)(=O)=O. The number of anilines is 1. The summed E-state index contributed by atoms with van der Waals surface area (Å²) in [4.78, 5) is 27.5. The average Bonchev–Trinajstić information content (AvgIpc) is 2.57. The molecule has 1 fully saturated rings. The van der Waals surface area contributed by atoms with E-state index in [4.69, 9.17) is 8.92 Å². The monoisotopic (exact) mass is 384 g/mol. The molecule has 0 radical (unpaired) electrons. The van der Waals surface area contributed by atoms with E-state index in [1.54, 1.807) is 11.8 Å². The Morgan fingerprint density at radius 2 is 1.88 bits per heavy atom. The van der Waals surface area contributed by atoms with Crippen molar-refractivity contribution in [1.29, 1.82) is 0 Å². The Morgan fingerprint density at radius 1 is 1.23 bits per heavy atom. The lowest BCUT2D eigenvalue weighted by molar-refractivity contribution is -0.146. The van der Waals surface area contributed by atoms with E-state index >= 15 is 0 Å². The molecule has 1 aliphatic heterocycles. The zero-order chi connectivity index (χ0) is 19.4. The van der Waals surface area contributed by atoms with Gasteiger partial charge >= 0.3 is 12.0 Å². The third-order valence-corrected chi connectivity index (χ3v) is 4.78. The molecule has 26 heavy (non-hydrogen) atoms. The van der Waals surface area contributed by atoms with Gasteiger partial charge in [0.2, 0.25) is 0 Å². The lowest BCUT2D eigenvalue weighted by Crippen LogP contribution is -2.77. The summed E-state index contributed by atoms with van der Waals surface area (Å²) in [5.74, 6) is -0.479. The molecule has 1 unspecified atom stereocenters. The van der Waals surface area contributed by atoms with E-state index < -0.39 is 21.8 Å². The van der Waals surface area contributed by atoms with E-state index in [1.807, 2.05) is 37.3 Å². The summed E-state index contributed by atoms with van der Waals surface area (Å²) in [5.41, 5.74) is -0.0596. The van der Waals surface area contributed by atoms with E-state index in [9.17, 15) is 18.0 Å². The van der Waals surface area contributed by atoms with Gasteiger partial charge in [-0.3, -0.25) is 18.8 Å². The van der Waals surface area contributed by atoms with Crippen LogP contribution in [0.5, 0.6) is 0 Å². The van der Waals surface area contributed by atoms with E-state index in [-0.39, 0.29) is 25.8 Å². The van der Waals surface area contributed by atoms with Gasteiger partial charge in [-0.2, -0.15) is 8.42 Å². The van der Waals surface area contributed by atoms with Crippen LogP contribution in [0.15, 0.2) is 30.3 Å². The van der Waals surface area contributed by atoms with Crippen LogP contribution >= 0.6 is 0 Å². The molecule has 1 atom stereocenters. The molecule has 1 aromatic rings. The van der Waals surface area contributed by atoms with Gasteiger partial charge in [0.15, 0.2) is 0 Å². The van der Waals surface area contributed by atoms with Crippen LogP contribution in [-0.4, -0.2) is 57.0 Å². The molecule has 1 aliphatic rings. The molecule has 0 aliphatic carbocycles. The largest absolute Gasteiger partial charge is 0.465 e. The van der Waals surface area contributed by atoms with Crippen molar-refractivity contribution in [3.8, 4) is 0 Å². The molecule has 1 heterocycles. The van der Waals surface area contributed by atoms with Crippen LogP contribution < -0.4 is 4.90 Å². The van der Waals surface area contributed by atoms with Gasteiger partial charge in [0.25, 0.3) is 10.1 Å². The number of benzene rings is 1. The highest BCUT2D eigenvalue weighted by molar-refractivity contribution is 7.85. The third-order valence-electron chi connectivity index (χ3n) is 4.18. The minimum absolute atomic E-state index is 0.0124. The minimum atomic E-state index is -3.52. The fourth-order valence-electron chi connectivity index (χ4n) is 3.01.